The van der Waals surface area contributed by atoms with E-state index in [4.69, 9.17) is 4.74 Å². The largest absolute Gasteiger partial charge is 0.460 e. The average molecular weight is 276 g/mol. The van der Waals surface area contributed by atoms with Gasteiger partial charge in [-0.15, -0.1) is 0 Å². The van der Waals surface area contributed by atoms with Gasteiger partial charge in [0.25, 0.3) is 0 Å². The monoisotopic (exact) mass is 276 g/mol. The Morgan fingerprint density at radius 1 is 1.15 bits per heavy atom. The second-order valence-corrected chi connectivity index (χ2v) is 6.82. The Labute approximate surface area is 123 Å². The number of hydrogen-bond donors (Lipinski definition) is 0. The quantitative estimate of drug-likeness (QED) is 0.708. The maximum Gasteiger partial charge on any atom is 0.306 e. The first-order valence-electron chi connectivity index (χ1n) is 7.53. The fourth-order valence-corrected chi connectivity index (χ4v) is 2.28. The van der Waals surface area contributed by atoms with Crippen LogP contribution in [0, 0.1) is 11.8 Å². The summed E-state index contributed by atoms with van der Waals surface area (Å²) in [6.07, 6.45) is 2.43. The first-order chi connectivity index (χ1) is 9.28. The first kappa shape index (κ1) is 16.7. The lowest BCUT2D eigenvalue weighted by Gasteiger charge is -2.23. The topological polar surface area (TPSA) is 26.3 Å². The van der Waals surface area contributed by atoms with E-state index in [2.05, 4.69) is 38.1 Å². The highest BCUT2D eigenvalue weighted by molar-refractivity contribution is 5.69. The molecule has 0 fully saturated rings. The van der Waals surface area contributed by atoms with Crippen LogP contribution in [0.4, 0.5) is 0 Å². The van der Waals surface area contributed by atoms with Gasteiger partial charge < -0.3 is 4.74 Å². The summed E-state index contributed by atoms with van der Waals surface area (Å²) in [7, 11) is 0. The molecule has 0 saturated heterocycles. The SMILES string of the molecule is CC(C)C(CCC(=O)OC(C)(C)C)Cc1ccccc1. The summed E-state index contributed by atoms with van der Waals surface area (Å²) in [5.41, 5.74) is 0.958. The van der Waals surface area contributed by atoms with Gasteiger partial charge in [0.2, 0.25) is 0 Å². The van der Waals surface area contributed by atoms with E-state index in [1.807, 2.05) is 26.8 Å². The van der Waals surface area contributed by atoms with Crippen molar-refractivity contribution in [2.75, 3.05) is 0 Å². The van der Waals surface area contributed by atoms with Gasteiger partial charge in [-0.3, -0.25) is 4.79 Å². The Morgan fingerprint density at radius 3 is 2.25 bits per heavy atom. The molecule has 0 N–H and O–H groups in total. The van der Waals surface area contributed by atoms with Crippen LogP contribution in [-0.4, -0.2) is 11.6 Å². The molecule has 2 heteroatoms. The third-order valence-electron chi connectivity index (χ3n) is 3.42. The Hall–Kier alpha value is -1.31. The Kier molecular flexibility index (Phi) is 6.25. The molecule has 0 aliphatic rings. The van der Waals surface area contributed by atoms with Gasteiger partial charge in [0.05, 0.1) is 0 Å². The smallest absolute Gasteiger partial charge is 0.306 e. The summed E-state index contributed by atoms with van der Waals surface area (Å²) in [6, 6.07) is 10.5. The number of carbonyl (C=O) groups is 1. The molecule has 1 unspecified atom stereocenters. The van der Waals surface area contributed by atoms with Crippen molar-refractivity contribution in [1.82, 2.24) is 0 Å². The van der Waals surface area contributed by atoms with Crippen LogP contribution < -0.4 is 0 Å². The van der Waals surface area contributed by atoms with E-state index in [9.17, 15) is 4.79 Å². The lowest BCUT2D eigenvalue weighted by Crippen LogP contribution is -2.24. The number of rotatable bonds is 6. The standard InChI is InChI=1S/C18H28O2/c1-14(2)16(13-15-9-7-6-8-10-15)11-12-17(19)20-18(3,4)5/h6-10,14,16H,11-13H2,1-5H3. The zero-order chi connectivity index (χ0) is 15.2. The molecule has 0 bridgehead atoms. The molecule has 0 radical (unpaired) electrons. The fraction of sp³-hybridized carbons (Fsp3) is 0.611. The minimum Gasteiger partial charge on any atom is -0.460 e. The van der Waals surface area contributed by atoms with Crippen molar-refractivity contribution >= 4 is 5.97 Å². The predicted molar refractivity (Wildman–Crippen MR) is 83.6 cm³/mol. The van der Waals surface area contributed by atoms with Gasteiger partial charge >= 0.3 is 5.97 Å². The highest BCUT2D eigenvalue weighted by Gasteiger charge is 2.19. The number of hydrogen-bond acceptors (Lipinski definition) is 2. The third-order valence-corrected chi connectivity index (χ3v) is 3.42. The molecule has 0 amide bonds. The Balaban J connectivity index is 2.50. The lowest BCUT2D eigenvalue weighted by molar-refractivity contribution is -0.155. The predicted octanol–water partition coefficient (Wildman–Crippen LogP) is 4.62. The van der Waals surface area contributed by atoms with E-state index in [-0.39, 0.29) is 11.6 Å². The van der Waals surface area contributed by atoms with Gasteiger partial charge in [0.15, 0.2) is 0 Å². The van der Waals surface area contributed by atoms with Crippen LogP contribution in [0.2, 0.25) is 0 Å². The van der Waals surface area contributed by atoms with Gasteiger partial charge in [0.1, 0.15) is 5.60 Å². The zero-order valence-electron chi connectivity index (χ0n) is 13.5. The molecule has 0 aliphatic carbocycles. The molecule has 1 atom stereocenters. The van der Waals surface area contributed by atoms with E-state index in [0.29, 0.717) is 18.3 Å². The number of benzene rings is 1. The molecule has 0 saturated carbocycles. The van der Waals surface area contributed by atoms with E-state index < -0.39 is 0 Å². The number of carbonyl (C=O) groups excluding carboxylic acids is 1. The van der Waals surface area contributed by atoms with Crippen molar-refractivity contribution in [3.05, 3.63) is 35.9 Å². The van der Waals surface area contributed by atoms with Crippen LogP contribution >= 0.6 is 0 Å². The molecular weight excluding hydrogens is 248 g/mol. The van der Waals surface area contributed by atoms with Gasteiger partial charge in [-0.05, 0) is 51.0 Å². The average Bonchev–Trinajstić information content (AvgIpc) is 2.33. The number of esters is 1. The van der Waals surface area contributed by atoms with E-state index in [1.165, 1.54) is 5.56 Å². The fourth-order valence-electron chi connectivity index (χ4n) is 2.28. The minimum atomic E-state index is -0.385. The molecule has 1 aromatic carbocycles. The van der Waals surface area contributed by atoms with Crippen molar-refractivity contribution in [2.24, 2.45) is 11.8 Å². The summed E-state index contributed by atoms with van der Waals surface area (Å²) in [5.74, 6) is 0.999. The minimum absolute atomic E-state index is 0.0868. The van der Waals surface area contributed by atoms with Crippen LogP contribution in [-0.2, 0) is 16.0 Å². The molecule has 2 nitrogen and oxygen atoms in total. The molecule has 0 heterocycles. The van der Waals surface area contributed by atoms with Crippen LogP contribution in [0.3, 0.4) is 0 Å². The van der Waals surface area contributed by atoms with Crippen LogP contribution in [0.25, 0.3) is 0 Å². The second kappa shape index (κ2) is 7.47. The molecule has 1 aromatic rings. The van der Waals surface area contributed by atoms with Crippen molar-refractivity contribution < 1.29 is 9.53 Å². The van der Waals surface area contributed by atoms with Crippen LogP contribution in [0.15, 0.2) is 30.3 Å². The van der Waals surface area contributed by atoms with E-state index in [0.717, 1.165) is 12.8 Å². The summed E-state index contributed by atoms with van der Waals surface area (Å²) >= 11 is 0. The van der Waals surface area contributed by atoms with Gasteiger partial charge in [-0.25, -0.2) is 0 Å². The highest BCUT2D eigenvalue weighted by atomic mass is 16.6. The Bertz CT molecular complexity index is 401. The summed E-state index contributed by atoms with van der Waals surface area (Å²) in [5, 5.41) is 0. The summed E-state index contributed by atoms with van der Waals surface area (Å²) < 4.78 is 5.38. The molecular formula is C18H28O2. The Morgan fingerprint density at radius 2 is 1.75 bits per heavy atom. The highest BCUT2D eigenvalue weighted by Crippen LogP contribution is 2.23. The van der Waals surface area contributed by atoms with Crippen molar-refractivity contribution in [1.29, 1.82) is 0 Å². The lowest BCUT2D eigenvalue weighted by atomic mass is 9.85. The van der Waals surface area contributed by atoms with E-state index >= 15 is 0 Å². The van der Waals surface area contributed by atoms with Crippen molar-refractivity contribution in [2.45, 2.75) is 59.5 Å². The maximum atomic E-state index is 11.8. The molecule has 1 rings (SSSR count). The first-order valence-corrected chi connectivity index (χ1v) is 7.53. The maximum absolute atomic E-state index is 11.8. The normalized spacial score (nSPS) is 13.3. The molecule has 0 spiro atoms. The molecule has 0 aromatic heterocycles. The summed E-state index contributed by atoms with van der Waals surface area (Å²) in [6.45, 7) is 10.2. The molecule has 0 aliphatic heterocycles. The number of ether oxygens (including phenoxy) is 1. The van der Waals surface area contributed by atoms with Crippen LogP contribution in [0.1, 0.15) is 53.0 Å². The zero-order valence-corrected chi connectivity index (χ0v) is 13.5. The van der Waals surface area contributed by atoms with Gasteiger partial charge in [-0.1, -0.05) is 44.2 Å². The van der Waals surface area contributed by atoms with Gasteiger partial charge in [0, 0.05) is 6.42 Å². The molecule has 112 valence electrons. The molecule has 20 heavy (non-hydrogen) atoms. The van der Waals surface area contributed by atoms with E-state index in [1.54, 1.807) is 0 Å². The van der Waals surface area contributed by atoms with Gasteiger partial charge in [-0.2, -0.15) is 0 Å². The summed E-state index contributed by atoms with van der Waals surface area (Å²) in [4.78, 5) is 11.8. The van der Waals surface area contributed by atoms with Crippen molar-refractivity contribution in [3.8, 4) is 0 Å². The second-order valence-electron chi connectivity index (χ2n) is 6.82. The third kappa shape index (κ3) is 6.74. The van der Waals surface area contributed by atoms with Crippen LogP contribution in [0.5, 0.6) is 0 Å². The van der Waals surface area contributed by atoms with Crippen molar-refractivity contribution in [3.63, 3.8) is 0 Å².